The highest BCUT2D eigenvalue weighted by Gasteiger charge is 2.42. The number of carbonyl (C=O) groups is 1. The maximum Gasteiger partial charge on any atom is 0.227 e. The zero-order valence-electron chi connectivity index (χ0n) is 9.96. The van der Waals surface area contributed by atoms with Gasteiger partial charge in [0.15, 0.2) is 0 Å². The third-order valence-corrected chi connectivity index (χ3v) is 4.55. The number of halogens is 2. The predicted octanol–water partition coefficient (Wildman–Crippen LogP) is 3.85. The molecule has 2 nitrogen and oxygen atoms in total. The van der Waals surface area contributed by atoms with Crippen molar-refractivity contribution >= 4 is 23.2 Å². The van der Waals surface area contributed by atoms with E-state index < -0.39 is 5.82 Å². The van der Waals surface area contributed by atoms with Gasteiger partial charge in [-0.1, -0.05) is 18.0 Å². The largest absolute Gasteiger partial charge is 0.326 e. The lowest BCUT2D eigenvalue weighted by Crippen LogP contribution is -2.27. The first-order valence-corrected chi connectivity index (χ1v) is 6.77. The van der Waals surface area contributed by atoms with E-state index in [0.29, 0.717) is 11.6 Å². The van der Waals surface area contributed by atoms with Crippen molar-refractivity contribution in [2.24, 2.45) is 17.8 Å². The molecule has 0 unspecified atom stereocenters. The summed E-state index contributed by atoms with van der Waals surface area (Å²) < 4.78 is 13.0. The second-order valence-electron chi connectivity index (χ2n) is 5.40. The van der Waals surface area contributed by atoms with Gasteiger partial charge in [-0.05, 0) is 49.3 Å². The van der Waals surface area contributed by atoms with Gasteiger partial charge in [0.05, 0.1) is 5.02 Å². The Morgan fingerprint density at radius 1 is 1.33 bits per heavy atom. The number of hydrogen-bond donors (Lipinski definition) is 1. The molecule has 2 bridgehead atoms. The van der Waals surface area contributed by atoms with E-state index in [2.05, 4.69) is 5.32 Å². The number of amides is 1. The molecule has 18 heavy (non-hydrogen) atoms. The Kier molecular flexibility index (Phi) is 3.02. The van der Waals surface area contributed by atoms with Crippen molar-refractivity contribution in [3.05, 3.63) is 29.0 Å². The molecule has 4 heteroatoms. The van der Waals surface area contributed by atoms with Gasteiger partial charge in [0, 0.05) is 11.6 Å². The van der Waals surface area contributed by atoms with Crippen LogP contribution < -0.4 is 5.32 Å². The zero-order chi connectivity index (χ0) is 12.7. The van der Waals surface area contributed by atoms with Crippen LogP contribution in [0.5, 0.6) is 0 Å². The monoisotopic (exact) mass is 267 g/mol. The van der Waals surface area contributed by atoms with Crippen molar-refractivity contribution in [2.75, 3.05) is 5.32 Å². The first-order valence-electron chi connectivity index (χ1n) is 6.39. The average molecular weight is 268 g/mol. The van der Waals surface area contributed by atoms with Crippen LogP contribution in [0, 0.1) is 23.6 Å². The third kappa shape index (κ3) is 2.12. The number of fused-ring (bicyclic) bond motifs is 2. The molecule has 3 rings (SSSR count). The number of rotatable bonds is 2. The number of nitrogens with one attached hydrogen (secondary N) is 1. The normalized spacial score (nSPS) is 29.6. The summed E-state index contributed by atoms with van der Waals surface area (Å²) >= 11 is 5.69. The van der Waals surface area contributed by atoms with Gasteiger partial charge in [-0.25, -0.2) is 4.39 Å². The number of anilines is 1. The summed E-state index contributed by atoms with van der Waals surface area (Å²) in [6, 6.07) is 4.28. The number of hydrogen-bond acceptors (Lipinski definition) is 1. The Morgan fingerprint density at radius 2 is 2.17 bits per heavy atom. The molecule has 0 spiro atoms. The molecule has 0 aliphatic heterocycles. The molecule has 96 valence electrons. The van der Waals surface area contributed by atoms with Crippen LogP contribution in [0.15, 0.2) is 18.2 Å². The minimum atomic E-state index is -0.463. The van der Waals surface area contributed by atoms with E-state index in [1.165, 1.54) is 31.4 Å². The molecule has 1 N–H and O–H groups in total. The fourth-order valence-corrected chi connectivity index (χ4v) is 3.56. The smallest absolute Gasteiger partial charge is 0.227 e. The molecule has 2 saturated carbocycles. The van der Waals surface area contributed by atoms with Gasteiger partial charge in [0.25, 0.3) is 0 Å². The molecule has 3 atom stereocenters. The number of carbonyl (C=O) groups excluding carboxylic acids is 1. The molecule has 0 radical (unpaired) electrons. The van der Waals surface area contributed by atoms with Gasteiger partial charge >= 0.3 is 0 Å². The summed E-state index contributed by atoms with van der Waals surface area (Å²) in [6.45, 7) is 0. The van der Waals surface area contributed by atoms with Crippen LogP contribution in [0.2, 0.25) is 5.02 Å². The van der Waals surface area contributed by atoms with E-state index in [-0.39, 0.29) is 16.8 Å². The van der Waals surface area contributed by atoms with Gasteiger partial charge in [-0.2, -0.15) is 0 Å². The minimum absolute atomic E-state index is 0.0424. The molecule has 0 saturated heterocycles. The summed E-state index contributed by atoms with van der Waals surface area (Å²) in [6.07, 6.45) is 4.65. The molecule has 2 fully saturated rings. The van der Waals surface area contributed by atoms with E-state index in [1.54, 1.807) is 6.07 Å². The lowest BCUT2D eigenvalue weighted by atomic mass is 9.88. The van der Waals surface area contributed by atoms with Gasteiger partial charge in [-0.3, -0.25) is 4.79 Å². The molecule has 1 aromatic carbocycles. The molecule has 1 amide bonds. The quantitative estimate of drug-likeness (QED) is 0.866. The van der Waals surface area contributed by atoms with Gasteiger partial charge in [0.2, 0.25) is 5.91 Å². The molecular formula is C14H15ClFNO. The van der Waals surface area contributed by atoms with Crippen molar-refractivity contribution in [3.8, 4) is 0 Å². The van der Waals surface area contributed by atoms with Crippen LogP contribution in [0.4, 0.5) is 10.1 Å². The SMILES string of the molecule is O=C(Nc1ccc(F)c(Cl)c1)[C@H]1C[C@@H]2CC[C@@H]1C2. The summed E-state index contributed by atoms with van der Waals surface area (Å²) in [7, 11) is 0. The third-order valence-electron chi connectivity index (χ3n) is 4.26. The molecule has 2 aliphatic rings. The van der Waals surface area contributed by atoms with E-state index in [0.717, 1.165) is 12.3 Å². The van der Waals surface area contributed by atoms with Crippen molar-refractivity contribution in [3.63, 3.8) is 0 Å². The van der Waals surface area contributed by atoms with E-state index in [1.807, 2.05) is 0 Å². The standard InChI is InChI=1S/C14H15ClFNO/c15-12-7-10(3-4-13(12)16)17-14(18)11-6-8-1-2-9(11)5-8/h3-4,7-9,11H,1-2,5-6H2,(H,17,18)/t8-,9-,11+/m1/s1. The fourth-order valence-electron chi connectivity index (χ4n) is 3.37. The van der Waals surface area contributed by atoms with Crippen molar-refractivity contribution in [1.82, 2.24) is 0 Å². The lowest BCUT2D eigenvalue weighted by molar-refractivity contribution is -0.121. The first-order chi connectivity index (χ1) is 8.63. The van der Waals surface area contributed by atoms with Crippen LogP contribution in [-0.4, -0.2) is 5.91 Å². The Morgan fingerprint density at radius 3 is 2.78 bits per heavy atom. The van der Waals surface area contributed by atoms with Crippen LogP contribution in [0.25, 0.3) is 0 Å². The first kappa shape index (κ1) is 12.0. The predicted molar refractivity (Wildman–Crippen MR) is 69.0 cm³/mol. The molecule has 2 aliphatic carbocycles. The van der Waals surface area contributed by atoms with Crippen molar-refractivity contribution < 1.29 is 9.18 Å². The van der Waals surface area contributed by atoms with Crippen molar-refractivity contribution in [1.29, 1.82) is 0 Å². The Labute approximate surface area is 111 Å². The highest BCUT2D eigenvalue weighted by Crippen LogP contribution is 2.48. The second kappa shape index (κ2) is 4.54. The molecule has 0 heterocycles. The van der Waals surface area contributed by atoms with Gasteiger partial charge < -0.3 is 5.32 Å². The van der Waals surface area contributed by atoms with Crippen molar-refractivity contribution in [2.45, 2.75) is 25.7 Å². The van der Waals surface area contributed by atoms with Crippen LogP contribution >= 0.6 is 11.6 Å². The highest BCUT2D eigenvalue weighted by atomic mass is 35.5. The second-order valence-corrected chi connectivity index (χ2v) is 5.81. The van der Waals surface area contributed by atoms with E-state index in [4.69, 9.17) is 11.6 Å². The van der Waals surface area contributed by atoms with Crippen LogP contribution in [0.1, 0.15) is 25.7 Å². The molecule has 0 aromatic heterocycles. The fraction of sp³-hybridized carbons (Fsp3) is 0.500. The van der Waals surface area contributed by atoms with E-state index >= 15 is 0 Å². The Hall–Kier alpha value is -1.09. The number of benzene rings is 1. The molecular weight excluding hydrogens is 253 g/mol. The minimum Gasteiger partial charge on any atom is -0.326 e. The Bertz CT molecular complexity index is 491. The Balaban J connectivity index is 1.69. The summed E-state index contributed by atoms with van der Waals surface area (Å²) in [4.78, 5) is 12.2. The molecule has 1 aromatic rings. The highest BCUT2D eigenvalue weighted by molar-refractivity contribution is 6.31. The van der Waals surface area contributed by atoms with Crippen LogP contribution in [-0.2, 0) is 4.79 Å². The summed E-state index contributed by atoms with van der Waals surface area (Å²) in [5, 5.41) is 2.89. The maximum atomic E-state index is 13.0. The summed E-state index contributed by atoms with van der Waals surface area (Å²) in [5.41, 5.74) is 0.578. The zero-order valence-corrected chi connectivity index (χ0v) is 10.7. The summed E-state index contributed by atoms with van der Waals surface area (Å²) in [5.74, 6) is 1.01. The van der Waals surface area contributed by atoms with Gasteiger partial charge in [0.1, 0.15) is 5.82 Å². The van der Waals surface area contributed by atoms with Crippen LogP contribution in [0.3, 0.4) is 0 Å². The van der Waals surface area contributed by atoms with E-state index in [9.17, 15) is 9.18 Å². The lowest BCUT2D eigenvalue weighted by Gasteiger charge is -2.20. The maximum absolute atomic E-state index is 13.0. The van der Waals surface area contributed by atoms with Gasteiger partial charge in [-0.15, -0.1) is 0 Å². The average Bonchev–Trinajstić information content (AvgIpc) is 2.96. The topological polar surface area (TPSA) is 29.1 Å².